The maximum absolute atomic E-state index is 5.33. The number of benzene rings is 3. The average molecular weight is 339 g/mol. The Morgan fingerprint density at radius 2 is 1.42 bits per heavy atom. The standard InChI is InChI=1S/C24H21NO/c1-26-22-17-15-21(16-18-22)25-23(19-9-4-2-5-10-19)13-8-14-24(25)20-11-6-3-7-12-20/h2-18,23H,1H3. The van der Waals surface area contributed by atoms with Crippen LogP contribution in [0.15, 0.2) is 103 Å². The summed E-state index contributed by atoms with van der Waals surface area (Å²) in [6.45, 7) is 0. The molecular formula is C24H21NO. The minimum Gasteiger partial charge on any atom is -0.497 e. The highest BCUT2D eigenvalue weighted by atomic mass is 16.5. The van der Waals surface area contributed by atoms with E-state index in [4.69, 9.17) is 4.74 Å². The fourth-order valence-electron chi connectivity index (χ4n) is 3.37. The molecule has 0 fully saturated rings. The molecule has 3 aromatic carbocycles. The first-order valence-corrected chi connectivity index (χ1v) is 8.79. The summed E-state index contributed by atoms with van der Waals surface area (Å²) in [4.78, 5) is 2.38. The van der Waals surface area contributed by atoms with Crippen LogP contribution in [0.5, 0.6) is 5.75 Å². The lowest BCUT2D eigenvalue weighted by atomic mass is 9.97. The summed E-state index contributed by atoms with van der Waals surface area (Å²) >= 11 is 0. The average Bonchev–Trinajstić information content (AvgIpc) is 2.74. The SMILES string of the molecule is COc1ccc(N2C(c3ccccc3)=CC=CC2c2ccccc2)cc1. The van der Waals surface area contributed by atoms with Gasteiger partial charge in [0.25, 0.3) is 0 Å². The molecule has 128 valence electrons. The number of hydrogen-bond donors (Lipinski definition) is 0. The molecule has 0 radical (unpaired) electrons. The molecular weight excluding hydrogens is 318 g/mol. The van der Waals surface area contributed by atoms with Crippen LogP contribution in [0.25, 0.3) is 5.70 Å². The Bertz CT molecular complexity index is 911. The Morgan fingerprint density at radius 1 is 0.769 bits per heavy atom. The molecule has 0 amide bonds. The summed E-state index contributed by atoms with van der Waals surface area (Å²) in [5, 5.41) is 0. The molecule has 0 spiro atoms. The lowest BCUT2D eigenvalue weighted by molar-refractivity contribution is 0.415. The van der Waals surface area contributed by atoms with E-state index in [1.807, 2.05) is 12.1 Å². The second-order valence-electron chi connectivity index (χ2n) is 6.23. The molecule has 0 aliphatic carbocycles. The Labute approximate surface area is 154 Å². The number of methoxy groups -OCH3 is 1. The van der Waals surface area contributed by atoms with Gasteiger partial charge in [0.15, 0.2) is 0 Å². The van der Waals surface area contributed by atoms with Gasteiger partial charge in [-0.25, -0.2) is 0 Å². The van der Waals surface area contributed by atoms with Gasteiger partial charge in [-0.15, -0.1) is 0 Å². The fourth-order valence-corrected chi connectivity index (χ4v) is 3.37. The van der Waals surface area contributed by atoms with Crippen LogP contribution in [0.4, 0.5) is 5.69 Å². The van der Waals surface area contributed by atoms with Crippen molar-refractivity contribution >= 4 is 11.4 Å². The molecule has 26 heavy (non-hydrogen) atoms. The fraction of sp³-hybridized carbons (Fsp3) is 0.0833. The van der Waals surface area contributed by atoms with E-state index in [2.05, 4.69) is 95.9 Å². The molecule has 0 saturated carbocycles. The molecule has 2 heteroatoms. The van der Waals surface area contributed by atoms with Crippen molar-refractivity contribution in [3.05, 3.63) is 114 Å². The third-order valence-corrected chi connectivity index (χ3v) is 4.65. The Morgan fingerprint density at radius 3 is 2.08 bits per heavy atom. The minimum absolute atomic E-state index is 0.143. The number of anilines is 1. The normalized spacial score (nSPS) is 16.3. The van der Waals surface area contributed by atoms with Crippen molar-refractivity contribution in [2.45, 2.75) is 6.04 Å². The maximum atomic E-state index is 5.33. The summed E-state index contributed by atoms with van der Waals surface area (Å²) in [5.74, 6) is 0.864. The first-order chi connectivity index (χ1) is 12.9. The molecule has 1 aliphatic rings. The molecule has 0 aromatic heterocycles. The van der Waals surface area contributed by atoms with Crippen molar-refractivity contribution in [2.75, 3.05) is 12.0 Å². The summed E-state index contributed by atoms with van der Waals surface area (Å²) < 4.78 is 5.33. The molecule has 1 atom stereocenters. The van der Waals surface area contributed by atoms with Crippen molar-refractivity contribution < 1.29 is 4.74 Å². The number of nitrogens with zero attached hydrogens (tertiary/aromatic N) is 1. The molecule has 1 heterocycles. The topological polar surface area (TPSA) is 12.5 Å². The molecule has 0 N–H and O–H groups in total. The predicted octanol–water partition coefficient (Wildman–Crippen LogP) is 5.85. The molecule has 2 nitrogen and oxygen atoms in total. The third-order valence-electron chi connectivity index (χ3n) is 4.65. The molecule has 0 saturated heterocycles. The van der Waals surface area contributed by atoms with Gasteiger partial charge in [-0.1, -0.05) is 72.8 Å². The van der Waals surface area contributed by atoms with Crippen LogP contribution in [-0.2, 0) is 0 Å². The number of ether oxygens (including phenoxy) is 1. The first-order valence-electron chi connectivity index (χ1n) is 8.79. The van der Waals surface area contributed by atoms with Crippen molar-refractivity contribution in [3.8, 4) is 5.75 Å². The summed E-state index contributed by atoms with van der Waals surface area (Å²) in [7, 11) is 1.70. The van der Waals surface area contributed by atoms with Gasteiger partial charge in [-0.3, -0.25) is 0 Å². The second kappa shape index (κ2) is 7.32. The Kier molecular flexibility index (Phi) is 4.57. The quantitative estimate of drug-likeness (QED) is 0.591. The van der Waals surface area contributed by atoms with E-state index in [1.165, 1.54) is 16.8 Å². The summed E-state index contributed by atoms with van der Waals surface area (Å²) in [5.41, 5.74) is 4.79. The van der Waals surface area contributed by atoms with E-state index in [9.17, 15) is 0 Å². The Balaban J connectivity index is 1.82. The van der Waals surface area contributed by atoms with Crippen LogP contribution in [0.3, 0.4) is 0 Å². The van der Waals surface area contributed by atoms with Crippen LogP contribution >= 0.6 is 0 Å². The van der Waals surface area contributed by atoms with Gasteiger partial charge < -0.3 is 9.64 Å². The lowest BCUT2D eigenvalue weighted by Crippen LogP contribution is -2.27. The monoisotopic (exact) mass is 339 g/mol. The van der Waals surface area contributed by atoms with Gasteiger partial charge >= 0.3 is 0 Å². The van der Waals surface area contributed by atoms with Crippen molar-refractivity contribution in [1.82, 2.24) is 0 Å². The van der Waals surface area contributed by atoms with E-state index >= 15 is 0 Å². The van der Waals surface area contributed by atoms with Crippen molar-refractivity contribution in [2.24, 2.45) is 0 Å². The predicted molar refractivity (Wildman–Crippen MR) is 108 cm³/mol. The van der Waals surface area contributed by atoms with Crippen LogP contribution in [0.1, 0.15) is 17.2 Å². The lowest BCUT2D eigenvalue weighted by Gasteiger charge is -2.36. The van der Waals surface area contributed by atoms with Gasteiger partial charge in [0.2, 0.25) is 0 Å². The molecule has 1 unspecified atom stereocenters. The highest BCUT2D eigenvalue weighted by Crippen LogP contribution is 2.39. The number of rotatable bonds is 4. The molecule has 0 bridgehead atoms. The van der Waals surface area contributed by atoms with Crippen molar-refractivity contribution in [3.63, 3.8) is 0 Å². The van der Waals surface area contributed by atoms with E-state index in [-0.39, 0.29) is 6.04 Å². The molecule has 4 rings (SSSR count). The van der Waals surface area contributed by atoms with Gasteiger partial charge in [0.05, 0.1) is 13.2 Å². The van der Waals surface area contributed by atoms with Gasteiger partial charge in [-0.2, -0.15) is 0 Å². The summed E-state index contributed by atoms with van der Waals surface area (Å²) in [6, 6.07) is 29.5. The molecule has 1 aliphatic heterocycles. The van der Waals surface area contributed by atoms with Crippen LogP contribution in [0, 0.1) is 0 Å². The highest BCUT2D eigenvalue weighted by molar-refractivity contribution is 5.83. The third kappa shape index (κ3) is 3.14. The van der Waals surface area contributed by atoms with Gasteiger partial charge in [0, 0.05) is 11.4 Å². The van der Waals surface area contributed by atoms with Gasteiger partial charge in [0.1, 0.15) is 5.75 Å². The molecule has 3 aromatic rings. The Hall–Kier alpha value is -3.26. The number of hydrogen-bond acceptors (Lipinski definition) is 2. The van der Waals surface area contributed by atoms with E-state index in [0.29, 0.717) is 0 Å². The summed E-state index contributed by atoms with van der Waals surface area (Å²) in [6.07, 6.45) is 6.57. The van der Waals surface area contributed by atoms with Crippen LogP contribution < -0.4 is 9.64 Å². The second-order valence-corrected chi connectivity index (χ2v) is 6.23. The zero-order valence-corrected chi connectivity index (χ0v) is 14.7. The number of allylic oxidation sites excluding steroid dienone is 2. The van der Waals surface area contributed by atoms with Crippen LogP contribution in [0.2, 0.25) is 0 Å². The highest BCUT2D eigenvalue weighted by Gasteiger charge is 2.25. The largest absolute Gasteiger partial charge is 0.497 e. The zero-order chi connectivity index (χ0) is 17.8. The minimum atomic E-state index is 0.143. The van der Waals surface area contributed by atoms with Crippen molar-refractivity contribution in [1.29, 1.82) is 0 Å². The maximum Gasteiger partial charge on any atom is 0.119 e. The first kappa shape index (κ1) is 16.2. The van der Waals surface area contributed by atoms with Gasteiger partial charge in [-0.05, 0) is 41.5 Å². The zero-order valence-electron chi connectivity index (χ0n) is 14.7. The van der Waals surface area contributed by atoms with Crippen LogP contribution in [-0.4, -0.2) is 7.11 Å². The smallest absolute Gasteiger partial charge is 0.119 e. The van der Waals surface area contributed by atoms with E-state index < -0.39 is 0 Å². The van der Waals surface area contributed by atoms with E-state index in [0.717, 1.165) is 11.4 Å². The van der Waals surface area contributed by atoms with E-state index in [1.54, 1.807) is 7.11 Å².